The maximum Gasteiger partial charge on any atom is 0.313 e. The van der Waals surface area contributed by atoms with Crippen LogP contribution in [0.1, 0.15) is 36.9 Å². The summed E-state index contributed by atoms with van der Waals surface area (Å²) in [5.74, 6) is -0.454. The zero-order valence-corrected chi connectivity index (χ0v) is 18.4. The van der Waals surface area contributed by atoms with Gasteiger partial charge in [0.25, 0.3) is 0 Å². The largest absolute Gasteiger partial charge is 0.383 e. The summed E-state index contributed by atoms with van der Waals surface area (Å²) in [4.78, 5) is 36.8. The molecular formula is C23H25N5O2S. The zero-order chi connectivity index (χ0) is 22.0. The van der Waals surface area contributed by atoms with Gasteiger partial charge in [-0.25, -0.2) is 4.98 Å². The number of rotatable bonds is 3. The molecule has 1 aromatic carbocycles. The third-order valence-electron chi connectivity index (χ3n) is 5.66. The van der Waals surface area contributed by atoms with E-state index in [9.17, 15) is 9.59 Å². The molecule has 2 amide bonds. The Bertz CT molecular complexity index is 1080. The predicted molar refractivity (Wildman–Crippen MR) is 122 cm³/mol. The number of aromatic nitrogens is 2. The molecule has 1 saturated heterocycles. The van der Waals surface area contributed by atoms with Crippen LogP contribution in [-0.2, 0) is 9.59 Å². The first-order chi connectivity index (χ1) is 14.9. The fourth-order valence-corrected chi connectivity index (χ4v) is 4.55. The minimum absolute atomic E-state index is 0.128. The molecule has 7 nitrogen and oxygen atoms in total. The molecule has 1 aliphatic heterocycles. The highest BCUT2D eigenvalue weighted by Crippen LogP contribution is 2.35. The highest BCUT2D eigenvalue weighted by atomic mass is 32.1. The Morgan fingerprint density at radius 3 is 2.65 bits per heavy atom. The van der Waals surface area contributed by atoms with Crippen LogP contribution in [0.3, 0.4) is 0 Å². The Balaban J connectivity index is 1.53. The maximum absolute atomic E-state index is 13.1. The summed E-state index contributed by atoms with van der Waals surface area (Å²) >= 11 is 1.59. The van der Waals surface area contributed by atoms with E-state index in [0.29, 0.717) is 24.0 Å². The van der Waals surface area contributed by atoms with Crippen molar-refractivity contribution in [2.24, 2.45) is 5.92 Å². The van der Waals surface area contributed by atoms with E-state index < -0.39 is 11.8 Å². The molecule has 160 valence electrons. The number of benzene rings is 1. The van der Waals surface area contributed by atoms with Crippen LogP contribution in [0.4, 0.5) is 11.5 Å². The lowest BCUT2D eigenvalue weighted by Gasteiger charge is -2.38. The van der Waals surface area contributed by atoms with Crippen LogP contribution in [0.2, 0.25) is 0 Å². The summed E-state index contributed by atoms with van der Waals surface area (Å²) in [7, 11) is 0. The second kappa shape index (κ2) is 8.85. The molecule has 0 saturated carbocycles. The number of nitrogen functional groups attached to an aromatic ring is 1. The van der Waals surface area contributed by atoms with Gasteiger partial charge in [-0.3, -0.25) is 14.6 Å². The lowest BCUT2D eigenvalue weighted by molar-refractivity contribution is -0.146. The van der Waals surface area contributed by atoms with Crippen molar-refractivity contribution in [3.8, 4) is 10.4 Å². The van der Waals surface area contributed by atoms with Crippen LogP contribution in [0.25, 0.3) is 10.4 Å². The molecule has 3 heterocycles. The summed E-state index contributed by atoms with van der Waals surface area (Å²) < 4.78 is 0. The number of carbonyl (C=O) groups excluding carboxylic acids is 2. The number of pyridine rings is 1. The van der Waals surface area contributed by atoms with Crippen molar-refractivity contribution in [2.75, 3.05) is 17.6 Å². The predicted octanol–water partition coefficient (Wildman–Crippen LogP) is 4.03. The average Bonchev–Trinajstić information content (AvgIpc) is 3.31. The number of aryl methyl sites for hydroxylation is 1. The standard InChI is InChI=1S/C23H25N5O2S/c1-14-3-8-19(16-4-6-17(7-5-16)20-11-25-13-31-20)28(12-14)23(30)22(29)27-18-9-15(2)21(24)26-10-18/h4-7,9-11,13-14,19H,3,8,12H2,1-2H3,(H2,24,26)(H,27,29)/t14-,19+/m0/s1. The molecule has 31 heavy (non-hydrogen) atoms. The topological polar surface area (TPSA) is 101 Å². The SMILES string of the molecule is Cc1cc(NC(=O)C(=O)N2C[C@@H](C)CC[C@@H]2c2ccc(-c3cncs3)cc2)cnc1N. The number of nitrogens with one attached hydrogen (secondary N) is 1. The first kappa shape index (κ1) is 21.0. The third kappa shape index (κ3) is 4.59. The molecule has 0 unspecified atom stereocenters. The van der Waals surface area contributed by atoms with E-state index >= 15 is 0 Å². The van der Waals surface area contributed by atoms with Gasteiger partial charge in [-0.15, -0.1) is 11.3 Å². The molecule has 0 radical (unpaired) electrons. The molecule has 4 rings (SSSR count). The number of likely N-dealkylation sites (tertiary alicyclic amines) is 1. The van der Waals surface area contributed by atoms with E-state index in [1.165, 1.54) is 6.20 Å². The van der Waals surface area contributed by atoms with Gasteiger partial charge in [0.1, 0.15) is 5.82 Å². The summed E-state index contributed by atoms with van der Waals surface area (Å²) in [6, 6.07) is 9.76. The zero-order valence-electron chi connectivity index (χ0n) is 17.5. The van der Waals surface area contributed by atoms with Crippen molar-refractivity contribution < 1.29 is 9.59 Å². The lowest BCUT2D eigenvalue weighted by Crippen LogP contribution is -2.46. The smallest absolute Gasteiger partial charge is 0.313 e. The summed E-state index contributed by atoms with van der Waals surface area (Å²) in [5.41, 5.74) is 10.9. The van der Waals surface area contributed by atoms with Crippen molar-refractivity contribution in [1.29, 1.82) is 0 Å². The number of carbonyl (C=O) groups is 2. The summed E-state index contributed by atoms with van der Waals surface area (Å²) in [6.07, 6.45) is 5.13. The van der Waals surface area contributed by atoms with Crippen LogP contribution < -0.4 is 11.1 Å². The van der Waals surface area contributed by atoms with Gasteiger partial charge in [0.05, 0.1) is 28.3 Å². The van der Waals surface area contributed by atoms with E-state index in [4.69, 9.17) is 5.73 Å². The molecule has 1 fully saturated rings. The number of piperidine rings is 1. The minimum atomic E-state index is -0.661. The van der Waals surface area contributed by atoms with E-state index in [2.05, 4.69) is 22.2 Å². The molecular weight excluding hydrogens is 410 g/mol. The van der Waals surface area contributed by atoms with Crippen LogP contribution in [-0.4, -0.2) is 33.2 Å². The summed E-state index contributed by atoms with van der Waals surface area (Å²) in [5, 5.41) is 2.67. The van der Waals surface area contributed by atoms with Gasteiger partial charge in [0.2, 0.25) is 0 Å². The van der Waals surface area contributed by atoms with Gasteiger partial charge in [0, 0.05) is 12.7 Å². The quantitative estimate of drug-likeness (QED) is 0.605. The molecule has 0 spiro atoms. The Labute approximate surface area is 185 Å². The molecule has 3 N–H and O–H groups in total. The lowest BCUT2D eigenvalue weighted by atomic mass is 9.89. The first-order valence-corrected chi connectivity index (χ1v) is 11.1. The molecule has 0 aliphatic carbocycles. The highest BCUT2D eigenvalue weighted by molar-refractivity contribution is 7.13. The third-order valence-corrected chi connectivity index (χ3v) is 6.48. The van der Waals surface area contributed by atoms with Crippen molar-refractivity contribution in [3.05, 3.63) is 59.4 Å². The van der Waals surface area contributed by atoms with Crippen LogP contribution in [0.15, 0.2) is 48.2 Å². The minimum Gasteiger partial charge on any atom is -0.383 e. The summed E-state index contributed by atoms with van der Waals surface area (Å²) in [6.45, 7) is 4.46. The molecule has 2 aromatic heterocycles. The fourth-order valence-electron chi connectivity index (χ4n) is 3.92. The molecule has 8 heteroatoms. The van der Waals surface area contributed by atoms with Crippen LogP contribution in [0, 0.1) is 12.8 Å². The van der Waals surface area contributed by atoms with Crippen molar-refractivity contribution >= 4 is 34.7 Å². The van der Waals surface area contributed by atoms with Gasteiger partial charge in [0.15, 0.2) is 0 Å². The number of nitrogens with zero attached hydrogens (tertiary/aromatic N) is 3. The fraction of sp³-hybridized carbons (Fsp3) is 0.304. The molecule has 3 aromatic rings. The van der Waals surface area contributed by atoms with Crippen LogP contribution >= 0.6 is 11.3 Å². The monoisotopic (exact) mass is 435 g/mol. The molecule has 1 aliphatic rings. The van der Waals surface area contributed by atoms with Gasteiger partial charge < -0.3 is 16.0 Å². The van der Waals surface area contributed by atoms with Gasteiger partial charge in [-0.2, -0.15) is 0 Å². The number of nitrogens with two attached hydrogens (primary N) is 1. The van der Waals surface area contributed by atoms with E-state index in [0.717, 1.165) is 34.4 Å². The number of amides is 2. The van der Waals surface area contributed by atoms with Gasteiger partial charge in [-0.05, 0) is 48.4 Å². The Morgan fingerprint density at radius 1 is 1.19 bits per heavy atom. The average molecular weight is 436 g/mol. The van der Waals surface area contributed by atoms with Crippen LogP contribution in [0.5, 0.6) is 0 Å². The second-order valence-corrected chi connectivity index (χ2v) is 8.91. The van der Waals surface area contributed by atoms with Crippen molar-refractivity contribution in [2.45, 2.75) is 32.7 Å². The second-order valence-electron chi connectivity index (χ2n) is 8.02. The maximum atomic E-state index is 13.1. The normalized spacial score (nSPS) is 18.6. The Kier molecular flexibility index (Phi) is 5.99. The number of hydrogen-bond acceptors (Lipinski definition) is 6. The van der Waals surface area contributed by atoms with E-state index in [-0.39, 0.29) is 6.04 Å². The van der Waals surface area contributed by atoms with E-state index in [1.807, 2.05) is 36.0 Å². The highest BCUT2D eigenvalue weighted by Gasteiger charge is 2.34. The van der Waals surface area contributed by atoms with Crippen molar-refractivity contribution in [3.63, 3.8) is 0 Å². The van der Waals surface area contributed by atoms with E-state index in [1.54, 1.807) is 29.2 Å². The first-order valence-electron chi connectivity index (χ1n) is 10.2. The number of hydrogen-bond donors (Lipinski definition) is 2. The van der Waals surface area contributed by atoms with Gasteiger partial charge >= 0.3 is 11.8 Å². The van der Waals surface area contributed by atoms with Crippen molar-refractivity contribution in [1.82, 2.24) is 14.9 Å². The number of thiazole rings is 1. The molecule has 0 bridgehead atoms. The Hall–Kier alpha value is -3.26. The van der Waals surface area contributed by atoms with Gasteiger partial charge in [-0.1, -0.05) is 31.2 Å². The molecule has 2 atom stereocenters. The number of anilines is 2. The Morgan fingerprint density at radius 2 is 1.97 bits per heavy atom.